The SMILES string of the molecule is CSc1ccccc1C(=O)NC[C@H](c1cccs1)N(C)C. The fourth-order valence-corrected chi connectivity index (χ4v) is 3.65. The molecule has 0 bridgehead atoms. The van der Waals surface area contributed by atoms with Crippen molar-refractivity contribution in [2.75, 3.05) is 26.9 Å². The number of benzene rings is 1. The van der Waals surface area contributed by atoms with Gasteiger partial charge in [-0.05, 0) is 43.9 Å². The zero-order valence-corrected chi connectivity index (χ0v) is 14.1. The molecule has 0 spiro atoms. The number of likely N-dealkylation sites (N-methyl/N-ethyl adjacent to an activating group) is 1. The first-order chi connectivity index (χ1) is 10.1. The number of carbonyl (C=O) groups excluding carboxylic acids is 1. The lowest BCUT2D eigenvalue weighted by molar-refractivity contribution is 0.0939. The number of hydrogen-bond acceptors (Lipinski definition) is 4. The van der Waals surface area contributed by atoms with Gasteiger partial charge in [0.1, 0.15) is 0 Å². The minimum absolute atomic E-state index is 0.0108. The van der Waals surface area contributed by atoms with Crippen LogP contribution in [0.5, 0.6) is 0 Å². The van der Waals surface area contributed by atoms with Crippen molar-refractivity contribution in [3.63, 3.8) is 0 Å². The van der Waals surface area contributed by atoms with Crippen molar-refractivity contribution in [1.82, 2.24) is 10.2 Å². The van der Waals surface area contributed by atoms with E-state index in [1.165, 1.54) is 4.88 Å². The van der Waals surface area contributed by atoms with Crippen LogP contribution in [-0.2, 0) is 0 Å². The maximum atomic E-state index is 12.4. The molecule has 0 unspecified atom stereocenters. The Hall–Kier alpha value is -1.30. The molecule has 3 nitrogen and oxygen atoms in total. The smallest absolute Gasteiger partial charge is 0.252 e. The Balaban J connectivity index is 2.06. The third kappa shape index (κ3) is 4.09. The van der Waals surface area contributed by atoms with Gasteiger partial charge in [-0.15, -0.1) is 23.1 Å². The van der Waals surface area contributed by atoms with Crippen molar-refractivity contribution in [3.05, 3.63) is 52.2 Å². The summed E-state index contributed by atoms with van der Waals surface area (Å²) in [7, 11) is 4.07. The van der Waals surface area contributed by atoms with Crippen molar-refractivity contribution in [2.45, 2.75) is 10.9 Å². The minimum atomic E-state index is -0.0108. The van der Waals surface area contributed by atoms with Crippen molar-refractivity contribution >= 4 is 29.0 Å². The first-order valence-corrected chi connectivity index (χ1v) is 8.85. The van der Waals surface area contributed by atoms with E-state index in [1.807, 2.05) is 50.7 Å². The lowest BCUT2D eigenvalue weighted by Gasteiger charge is -2.23. The molecule has 1 N–H and O–H groups in total. The zero-order chi connectivity index (χ0) is 15.2. The van der Waals surface area contributed by atoms with E-state index >= 15 is 0 Å². The summed E-state index contributed by atoms with van der Waals surface area (Å²) in [6.45, 7) is 0.606. The molecule has 0 aliphatic rings. The molecule has 1 aromatic carbocycles. The topological polar surface area (TPSA) is 32.3 Å². The van der Waals surface area contributed by atoms with Crippen LogP contribution in [0.4, 0.5) is 0 Å². The van der Waals surface area contributed by atoms with Crippen molar-refractivity contribution < 1.29 is 4.79 Å². The van der Waals surface area contributed by atoms with Gasteiger partial charge >= 0.3 is 0 Å². The van der Waals surface area contributed by atoms with Gasteiger partial charge in [-0.3, -0.25) is 4.79 Å². The highest BCUT2D eigenvalue weighted by molar-refractivity contribution is 7.98. The summed E-state index contributed by atoms with van der Waals surface area (Å²) in [5.41, 5.74) is 0.744. The quantitative estimate of drug-likeness (QED) is 0.827. The highest BCUT2D eigenvalue weighted by Crippen LogP contribution is 2.23. The summed E-state index contributed by atoms with van der Waals surface area (Å²) in [4.78, 5) is 16.8. The lowest BCUT2D eigenvalue weighted by atomic mass is 10.2. The lowest BCUT2D eigenvalue weighted by Crippen LogP contribution is -2.34. The largest absolute Gasteiger partial charge is 0.350 e. The number of carbonyl (C=O) groups is 1. The van der Waals surface area contributed by atoms with Gasteiger partial charge in [0, 0.05) is 16.3 Å². The molecule has 112 valence electrons. The van der Waals surface area contributed by atoms with Crippen LogP contribution >= 0.6 is 23.1 Å². The Kier molecular flexibility index (Phi) is 5.85. The number of thioether (sulfide) groups is 1. The summed E-state index contributed by atoms with van der Waals surface area (Å²) < 4.78 is 0. The van der Waals surface area contributed by atoms with Crippen LogP contribution in [0, 0.1) is 0 Å². The van der Waals surface area contributed by atoms with Crippen LogP contribution in [0.25, 0.3) is 0 Å². The second kappa shape index (κ2) is 7.64. The number of amides is 1. The second-order valence-corrected chi connectivity index (χ2v) is 6.73. The maximum Gasteiger partial charge on any atom is 0.252 e. The molecule has 21 heavy (non-hydrogen) atoms. The second-order valence-electron chi connectivity index (χ2n) is 4.91. The average Bonchev–Trinajstić information content (AvgIpc) is 3.01. The summed E-state index contributed by atoms with van der Waals surface area (Å²) in [6, 6.07) is 12.1. The van der Waals surface area contributed by atoms with E-state index in [-0.39, 0.29) is 11.9 Å². The van der Waals surface area contributed by atoms with Crippen molar-refractivity contribution in [1.29, 1.82) is 0 Å². The third-order valence-electron chi connectivity index (χ3n) is 3.30. The molecule has 2 aromatic rings. The van der Waals surface area contributed by atoms with Crippen LogP contribution in [0.15, 0.2) is 46.7 Å². The predicted octanol–water partition coefficient (Wildman–Crippen LogP) is 3.50. The maximum absolute atomic E-state index is 12.4. The van der Waals surface area contributed by atoms with E-state index in [2.05, 4.69) is 21.7 Å². The first-order valence-electron chi connectivity index (χ1n) is 6.74. The van der Waals surface area contributed by atoms with Gasteiger partial charge in [-0.1, -0.05) is 18.2 Å². The summed E-state index contributed by atoms with van der Waals surface area (Å²) in [5.74, 6) is -0.0108. The van der Waals surface area contributed by atoms with Gasteiger partial charge in [0.2, 0.25) is 0 Å². The Morgan fingerprint density at radius 1 is 1.29 bits per heavy atom. The van der Waals surface area contributed by atoms with Gasteiger partial charge in [0.15, 0.2) is 0 Å². The van der Waals surface area contributed by atoms with Gasteiger partial charge in [-0.25, -0.2) is 0 Å². The van der Waals surface area contributed by atoms with Crippen LogP contribution < -0.4 is 5.32 Å². The molecule has 0 aliphatic heterocycles. The molecule has 0 aliphatic carbocycles. The highest BCUT2D eigenvalue weighted by atomic mass is 32.2. The fraction of sp³-hybridized carbons (Fsp3) is 0.312. The predicted molar refractivity (Wildman–Crippen MR) is 91.3 cm³/mol. The number of nitrogens with one attached hydrogen (secondary N) is 1. The first kappa shape index (κ1) is 16.1. The number of thiophene rings is 1. The molecule has 1 amide bonds. The Labute approximate surface area is 134 Å². The van der Waals surface area contributed by atoms with E-state index in [4.69, 9.17) is 0 Å². The van der Waals surface area contributed by atoms with E-state index < -0.39 is 0 Å². The normalized spacial score (nSPS) is 12.4. The van der Waals surface area contributed by atoms with Crippen LogP contribution in [0.2, 0.25) is 0 Å². The van der Waals surface area contributed by atoms with Crippen LogP contribution in [0.1, 0.15) is 21.3 Å². The van der Waals surface area contributed by atoms with Gasteiger partial charge in [0.05, 0.1) is 11.6 Å². The highest BCUT2D eigenvalue weighted by Gasteiger charge is 2.17. The van der Waals surface area contributed by atoms with E-state index in [0.29, 0.717) is 6.54 Å². The van der Waals surface area contributed by atoms with Gasteiger partial charge in [-0.2, -0.15) is 0 Å². The third-order valence-corrected chi connectivity index (χ3v) is 5.07. The Morgan fingerprint density at radius 2 is 2.05 bits per heavy atom. The number of hydrogen-bond donors (Lipinski definition) is 1. The number of rotatable bonds is 6. The molecule has 0 saturated heterocycles. The van der Waals surface area contributed by atoms with E-state index in [9.17, 15) is 4.79 Å². The summed E-state index contributed by atoms with van der Waals surface area (Å²) in [6.07, 6.45) is 1.99. The monoisotopic (exact) mass is 320 g/mol. The molecule has 0 fully saturated rings. The molecular formula is C16H20N2OS2. The molecule has 0 saturated carbocycles. The molecule has 0 radical (unpaired) electrons. The molecule has 1 heterocycles. The van der Waals surface area contributed by atoms with Gasteiger partial charge < -0.3 is 10.2 Å². The Bertz CT molecular complexity index is 582. The number of nitrogens with zero attached hydrogens (tertiary/aromatic N) is 1. The molecule has 1 atom stereocenters. The van der Waals surface area contributed by atoms with Crippen LogP contribution in [-0.4, -0.2) is 37.7 Å². The van der Waals surface area contributed by atoms with E-state index in [1.54, 1.807) is 23.1 Å². The van der Waals surface area contributed by atoms with E-state index in [0.717, 1.165) is 10.5 Å². The van der Waals surface area contributed by atoms with Gasteiger partial charge in [0.25, 0.3) is 5.91 Å². The molecule has 5 heteroatoms. The summed E-state index contributed by atoms with van der Waals surface area (Å²) >= 11 is 3.31. The Morgan fingerprint density at radius 3 is 2.67 bits per heavy atom. The van der Waals surface area contributed by atoms with Crippen molar-refractivity contribution in [3.8, 4) is 0 Å². The van der Waals surface area contributed by atoms with Crippen molar-refractivity contribution in [2.24, 2.45) is 0 Å². The fourth-order valence-electron chi connectivity index (χ4n) is 2.14. The molecule has 2 rings (SSSR count). The standard InChI is InChI=1S/C16H20N2OS2/c1-18(2)13(15-9-6-10-21-15)11-17-16(19)12-7-4-5-8-14(12)20-3/h4-10,13H,11H2,1-3H3,(H,17,19)/t13-/m1/s1. The van der Waals surface area contributed by atoms with Crippen LogP contribution in [0.3, 0.4) is 0 Å². The summed E-state index contributed by atoms with van der Waals surface area (Å²) in [5, 5.41) is 5.12. The molecular weight excluding hydrogens is 300 g/mol. The molecule has 1 aromatic heterocycles. The zero-order valence-electron chi connectivity index (χ0n) is 12.5. The minimum Gasteiger partial charge on any atom is -0.350 e. The average molecular weight is 320 g/mol.